The Morgan fingerprint density at radius 1 is 1.36 bits per heavy atom. The van der Waals surface area contributed by atoms with E-state index in [1.54, 1.807) is 0 Å². The van der Waals surface area contributed by atoms with E-state index in [1.807, 2.05) is 0 Å². The third-order valence-corrected chi connectivity index (χ3v) is 2.03. The number of esters is 1. The summed E-state index contributed by atoms with van der Waals surface area (Å²) in [7, 11) is 1.32. The van der Waals surface area contributed by atoms with E-state index in [2.05, 4.69) is 4.74 Å². The Morgan fingerprint density at radius 3 is 2.43 bits per heavy atom. The fourth-order valence-electron chi connectivity index (χ4n) is 1.32. The summed E-state index contributed by atoms with van der Waals surface area (Å²) in [6.07, 6.45) is 2.24. The van der Waals surface area contributed by atoms with Gasteiger partial charge in [-0.1, -0.05) is 6.42 Å². The summed E-state index contributed by atoms with van der Waals surface area (Å²) < 4.78 is 4.59. The molecule has 0 aromatic rings. The van der Waals surface area contributed by atoms with Crippen molar-refractivity contribution in [3.8, 4) is 0 Å². The second-order valence-electron chi connectivity index (χ2n) is 3.35. The number of unbranched alkanes of at least 4 members (excludes halogenated alkanes) is 1. The molecule has 0 bridgehead atoms. The van der Waals surface area contributed by atoms with Gasteiger partial charge in [0.1, 0.15) is 5.78 Å². The Hall–Kier alpha value is -0.900. The van der Waals surface area contributed by atoms with Crippen LogP contribution in [0.25, 0.3) is 0 Å². The van der Waals surface area contributed by atoms with Gasteiger partial charge < -0.3 is 14.6 Å². The molecule has 82 valence electrons. The number of carbonyl (C=O) groups is 2. The number of rotatable bonds is 7. The van der Waals surface area contributed by atoms with Crippen LogP contribution in [0, 0.1) is 5.92 Å². The number of methoxy groups -OCH3 is 1. The molecule has 1 N–H and O–H groups in total. The Labute approximate surface area is 84.3 Å². The van der Waals surface area contributed by atoms with Crippen molar-refractivity contribution in [1.29, 1.82) is 0 Å². The molecule has 0 aliphatic heterocycles. The first-order valence-corrected chi connectivity index (χ1v) is 4.80. The highest BCUT2D eigenvalue weighted by atomic mass is 16.5. The van der Waals surface area contributed by atoms with Crippen LogP contribution in [0.15, 0.2) is 0 Å². The molecule has 1 unspecified atom stereocenters. The van der Waals surface area contributed by atoms with E-state index in [-0.39, 0.29) is 30.7 Å². The number of ether oxygens (including phenoxy) is 1. The maximum absolute atomic E-state index is 11.2. The largest absolute Gasteiger partial charge is 0.469 e. The summed E-state index contributed by atoms with van der Waals surface area (Å²) in [6.45, 7) is 1.58. The van der Waals surface area contributed by atoms with Crippen LogP contribution < -0.4 is 0 Å². The molecule has 0 saturated carbocycles. The van der Waals surface area contributed by atoms with Gasteiger partial charge in [-0.05, 0) is 19.8 Å². The van der Waals surface area contributed by atoms with Crippen LogP contribution in [0.4, 0.5) is 0 Å². The molecule has 0 rings (SSSR count). The molecule has 1 atom stereocenters. The van der Waals surface area contributed by atoms with E-state index in [1.165, 1.54) is 14.0 Å². The standard InChI is InChI=1S/C10H18O4/c1-8(12)7-9(10(13)14-2)5-3-4-6-11/h9,11H,3-7H2,1-2H3. The quantitative estimate of drug-likeness (QED) is 0.492. The van der Waals surface area contributed by atoms with Crippen molar-refractivity contribution in [2.75, 3.05) is 13.7 Å². The lowest BCUT2D eigenvalue weighted by Gasteiger charge is -2.12. The van der Waals surface area contributed by atoms with E-state index < -0.39 is 0 Å². The Balaban J connectivity index is 3.97. The Morgan fingerprint density at radius 2 is 2.00 bits per heavy atom. The van der Waals surface area contributed by atoms with Crippen LogP contribution in [0.1, 0.15) is 32.6 Å². The summed E-state index contributed by atoms with van der Waals surface area (Å²) in [4.78, 5) is 22.1. The van der Waals surface area contributed by atoms with E-state index in [0.29, 0.717) is 12.8 Å². The fourth-order valence-corrected chi connectivity index (χ4v) is 1.32. The van der Waals surface area contributed by atoms with Gasteiger partial charge in [-0.15, -0.1) is 0 Å². The molecule has 0 radical (unpaired) electrons. The van der Waals surface area contributed by atoms with Gasteiger partial charge in [0, 0.05) is 13.0 Å². The first kappa shape index (κ1) is 13.1. The molecule has 0 aromatic carbocycles. The second kappa shape index (κ2) is 7.50. The topological polar surface area (TPSA) is 63.6 Å². The van der Waals surface area contributed by atoms with Crippen molar-refractivity contribution in [2.24, 2.45) is 5.92 Å². The van der Waals surface area contributed by atoms with E-state index in [4.69, 9.17) is 5.11 Å². The summed E-state index contributed by atoms with van der Waals surface area (Å²) >= 11 is 0. The molecule has 0 heterocycles. The van der Waals surface area contributed by atoms with E-state index >= 15 is 0 Å². The number of Topliss-reactive ketones (excluding diaryl/α,β-unsaturated/α-hetero) is 1. The summed E-state index contributed by atoms with van der Waals surface area (Å²) in [6, 6.07) is 0. The maximum atomic E-state index is 11.2. The lowest BCUT2D eigenvalue weighted by atomic mass is 9.97. The molecule has 0 fully saturated rings. The van der Waals surface area contributed by atoms with Gasteiger partial charge in [0.05, 0.1) is 13.0 Å². The van der Waals surface area contributed by atoms with Crippen LogP contribution in [-0.2, 0) is 14.3 Å². The van der Waals surface area contributed by atoms with Crippen molar-refractivity contribution in [3.05, 3.63) is 0 Å². The van der Waals surface area contributed by atoms with E-state index in [0.717, 1.165) is 6.42 Å². The monoisotopic (exact) mass is 202 g/mol. The second-order valence-corrected chi connectivity index (χ2v) is 3.35. The SMILES string of the molecule is COC(=O)C(CCCCO)CC(C)=O. The molecule has 14 heavy (non-hydrogen) atoms. The lowest BCUT2D eigenvalue weighted by Crippen LogP contribution is -2.19. The maximum Gasteiger partial charge on any atom is 0.309 e. The molecule has 0 amide bonds. The predicted octanol–water partition coefficient (Wildman–Crippen LogP) is 0.917. The van der Waals surface area contributed by atoms with Crippen LogP contribution in [0.3, 0.4) is 0 Å². The Bertz CT molecular complexity index is 189. The van der Waals surface area contributed by atoms with Gasteiger partial charge in [0.2, 0.25) is 0 Å². The highest BCUT2D eigenvalue weighted by Crippen LogP contribution is 2.14. The van der Waals surface area contributed by atoms with Crippen LogP contribution in [-0.4, -0.2) is 30.6 Å². The highest BCUT2D eigenvalue weighted by molar-refractivity contribution is 5.82. The van der Waals surface area contributed by atoms with Gasteiger partial charge in [0.25, 0.3) is 0 Å². The minimum atomic E-state index is -0.343. The smallest absolute Gasteiger partial charge is 0.309 e. The molecule has 0 spiro atoms. The van der Waals surface area contributed by atoms with Gasteiger partial charge in [-0.2, -0.15) is 0 Å². The third kappa shape index (κ3) is 5.70. The number of carbonyl (C=O) groups excluding carboxylic acids is 2. The Kier molecular flexibility index (Phi) is 7.02. The first-order valence-electron chi connectivity index (χ1n) is 4.80. The van der Waals surface area contributed by atoms with Gasteiger partial charge in [-0.3, -0.25) is 4.79 Å². The van der Waals surface area contributed by atoms with Crippen molar-refractivity contribution >= 4 is 11.8 Å². The van der Waals surface area contributed by atoms with Crippen LogP contribution in [0.5, 0.6) is 0 Å². The fraction of sp³-hybridized carbons (Fsp3) is 0.800. The number of hydrogen-bond donors (Lipinski definition) is 1. The van der Waals surface area contributed by atoms with Crippen LogP contribution >= 0.6 is 0 Å². The van der Waals surface area contributed by atoms with Gasteiger partial charge in [0.15, 0.2) is 0 Å². The average Bonchev–Trinajstić information content (AvgIpc) is 2.15. The lowest BCUT2D eigenvalue weighted by molar-refractivity contribution is -0.147. The number of aliphatic hydroxyl groups excluding tert-OH is 1. The number of ketones is 1. The molecule has 0 aromatic heterocycles. The van der Waals surface area contributed by atoms with Crippen molar-refractivity contribution in [1.82, 2.24) is 0 Å². The number of hydrogen-bond acceptors (Lipinski definition) is 4. The summed E-state index contributed by atoms with van der Waals surface area (Å²) in [5.74, 6) is -0.688. The van der Waals surface area contributed by atoms with Crippen LogP contribution in [0.2, 0.25) is 0 Å². The molecule has 0 aliphatic carbocycles. The normalized spacial score (nSPS) is 12.2. The summed E-state index contributed by atoms with van der Waals surface area (Å²) in [5.41, 5.74) is 0. The molecule has 4 heteroatoms. The van der Waals surface area contributed by atoms with Crippen molar-refractivity contribution in [3.63, 3.8) is 0 Å². The average molecular weight is 202 g/mol. The zero-order valence-corrected chi connectivity index (χ0v) is 8.78. The van der Waals surface area contributed by atoms with E-state index in [9.17, 15) is 9.59 Å². The highest BCUT2D eigenvalue weighted by Gasteiger charge is 2.20. The zero-order chi connectivity index (χ0) is 11.0. The molecule has 0 saturated heterocycles. The van der Waals surface area contributed by atoms with Crippen molar-refractivity contribution in [2.45, 2.75) is 32.6 Å². The first-order chi connectivity index (χ1) is 6.61. The zero-order valence-electron chi connectivity index (χ0n) is 8.78. The minimum Gasteiger partial charge on any atom is -0.469 e. The van der Waals surface area contributed by atoms with Gasteiger partial charge in [-0.25, -0.2) is 0 Å². The molecular weight excluding hydrogens is 184 g/mol. The third-order valence-electron chi connectivity index (χ3n) is 2.03. The molecule has 4 nitrogen and oxygen atoms in total. The van der Waals surface area contributed by atoms with Crippen molar-refractivity contribution < 1.29 is 19.4 Å². The molecule has 0 aliphatic rings. The summed E-state index contributed by atoms with van der Waals surface area (Å²) in [5, 5.41) is 8.57. The predicted molar refractivity (Wildman–Crippen MR) is 51.7 cm³/mol. The van der Waals surface area contributed by atoms with Gasteiger partial charge >= 0.3 is 5.97 Å². The number of aliphatic hydroxyl groups is 1. The molecular formula is C10H18O4. The minimum absolute atomic E-state index is 0.00982.